The van der Waals surface area contributed by atoms with Crippen molar-refractivity contribution in [3.05, 3.63) is 59.7 Å². The highest BCUT2D eigenvalue weighted by Crippen LogP contribution is 2.32. The molecule has 6 nitrogen and oxygen atoms in total. The number of halogens is 3. The molecule has 2 aromatic rings. The zero-order valence-corrected chi connectivity index (χ0v) is 19.1. The first-order valence-corrected chi connectivity index (χ1v) is 11.5. The van der Waals surface area contributed by atoms with E-state index < -0.39 is 26.8 Å². The van der Waals surface area contributed by atoms with Gasteiger partial charge in [0, 0.05) is 17.6 Å². The number of rotatable bonds is 8. The highest BCUT2D eigenvalue weighted by atomic mass is 32.2. The molecule has 0 saturated carbocycles. The number of alkyl halides is 3. The van der Waals surface area contributed by atoms with Gasteiger partial charge in [-0.15, -0.1) is 0 Å². The number of hydrogen-bond acceptors (Lipinski definition) is 4. The van der Waals surface area contributed by atoms with Crippen LogP contribution in [0.2, 0.25) is 0 Å². The van der Waals surface area contributed by atoms with E-state index in [4.69, 9.17) is 4.18 Å². The van der Waals surface area contributed by atoms with Crippen molar-refractivity contribution in [3.8, 4) is 5.75 Å². The molecule has 2 rings (SSSR count). The molecule has 1 N–H and O–H groups in total. The van der Waals surface area contributed by atoms with Crippen molar-refractivity contribution in [1.29, 1.82) is 0 Å². The lowest BCUT2D eigenvalue weighted by atomic mass is 10.1. The van der Waals surface area contributed by atoms with Gasteiger partial charge in [-0.1, -0.05) is 31.2 Å². The van der Waals surface area contributed by atoms with E-state index in [2.05, 4.69) is 5.32 Å². The highest BCUT2D eigenvalue weighted by molar-refractivity contribution is 7.87. The van der Waals surface area contributed by atoms with Crippen LogP contribution in [0.5, 0.6) is 5.75 Å². The minimum Gasteiger partial charge on any atom is -0.379 e. The molecule has 0 fully saturated rings. The van der Waals surface area contributed by atoms with E-state index in [-0.39, 0.29) is 30.4 Å². The average Bonchev–Trinajstić information content (AvgIpc) is 2.71. The molecule has 1 unspecified atom stereocenters. The minimum absolute atomic E-state index is 0.0574. The summed E-state index contributed by atoms with van der Waals surface area (Å²) in [5.41, 5.74) is -0.689. The van der Waals surface area contributed by atoms with E-state index in [1.165, 1.54) is 6.07 Å². The first kappa shape index (κ1) is 25.5. The molecule has 32 heavy (non-hydrogen) atoms. The number of carbonyl (C=O) groups is 1. The maximum atomic E-state index is 13.0. The second-order valence-electron chi connectivity index (χ2n) is 7.66. The molecule has 2 aromatic carbocycles. The maximum absolute atomic E-state index is 13.0. The Morgan fingerprint density at radius 3 is 2.34 bits per heavy atom. The van der Waals surface area contributed by atoms with E-state index in [0.717, 1.165) is 18.2 Å². The Hall–Kier alpha value is -2.75. The van der Waals surface area contributed by atoms with Gasteiger partial charge in [0.1, 0.15) is 10.6 Å². The van der Waals surface area contributed by atoms with Gasteiger partial charge >= 0.3 is 22.3 Å². The second kappa shape index (κ2) is 10.2. The SMILES string of the molecule is CCC(C)N(Cc1ccccc1OS(=O)(=O)c1cccc(C(F)(F)F)c1)C(=O)NC(C)C. The van der Waals surface area contributed by atoms with Crippen LogP contribution in [0.4, 0.5) is 18.0 Å². The van der Waals surface area contributed by atoms with Gasteiger partial charge < -0.3 is 14.4 Å². The third-order valence-corrected chi connectivity index (χ3v) is 5.99. The predicted molar refractivity (Wildman–Crippen MR) is 115 cm³/mol. The lowest BCUT2D eigenvalue weighted by Gasteiger charge is -2.30. The Labute approximate surface area is 186 Å². The van der Waals surface area contributed by atoms with Crippen molar-refractivity contribution in [1.82, 2.24) is 10.2 Å². The van der Waals surface area contributed by atoms with Crippen molar-refractivity contribution in [2.45, 2.75) is 63.8 Å². The van der Waals surface area contributed by atoms with Crippen LogP contribution in [0, 0.1) is 0 Å². The number of para-hydroxylation sites is 1. The van der Waals surface area contributed by atoms with Crippen LogP contribution in [-0.2, 0) is 22.8 Å². The maximum Gasteiger partial charge on any atom is 0.416 e. The summed E-state index contributed by atoms with van der Waals surface area (Å²) in [6.07, 6.45) is -4.03. The van der Waals surface area contributed by atoms with Crippen molar-refractivity contribution in [2.75, 3.05) is 0 Å². The Morgan fingerprint density at radius 1 is 1.09 bits per heavy atom. The summed E-state index contributed by atoms with van der Waals surface area (Å²) in [4.78, 5) is 13.6. The molecular weight excluding hydrogens is 445 g/mol. The van der Waals surface area contributed by atoms with E-state index >= 15 is 0 Å². The average molecular weight is 473 g/mol. The van der Waals surface area contributed by atoms with Gasteiger partial charge in [0.25, 0.3) is 0 Å². The standard InChI is InChI=1S/C22H27F3N2O4S/c1-5-16(4)27(21(28)26-15(2)3)14-17-9-6-7-12-20(17)31-32(29,30)19-11-8-10-18(13-19)22(23,24)25/h6-13,15-16H,5,14H2,1-4H3,(H,26,28). The third-order valence-electron chi connectivity index (χ3n) is 4.76. The van der Waals surface area contributed by atoms with Crippen LogP contribution in [0.25, 0.3) is 0 Å². The highest BCUT2D eigenvalue weighted by Gasteiger charge is 2.32. The summed E-state index contributed by atoms with van der Waals surface area (Å²) < 4.78 is 69.6. The zero-order chi connectivity index (χ0) is 24.1. The number of hydrogen-bond donors (Lipinski definition) is 1. The molecule has 0 aliphatic heterocycles. The van der Waals surface area contributed by atoms with Crippen molar-refractivity contribution < 1.29 is 30.6 Å². The van der Waals surface area contributed by atoms with Crippen molar-refractivity contribution in [3.63, 3.8) is 0 Å². The molecule has 10 heteroatoms. The molecule has 0 heterocycles. The van der Waals surface area contributed by atoms with E-state index in [0.29, 0.717) is 18.1 Å². The molecule has 0 spiro atoms. The Morgan fingerprint density at radius 2 is 1.75 bits per heavy atom. The molecule has 0 bridgehead atoms. The summed E-state index contributed by atoms with van der Waals surface area (Å²) >= 11 is 0. The van der Waals surface area contributed by atoms with Crippen molar-refractivity contribution >= 4 is 16.1 Å². The fraction of sp³-hybridized carbons (Fsp3) is 0.409. The van der Waals surface area contributed by atoms with Crippen LogP contribution in [0.1, 0.15) is 45.2 Å². The van der Waals surface area contributed by atoms with Gasteiger partial charge in [0.2, 0.25) is 0 Å². The molecule has 2 amide bonds. The minimum atomic E-state index is -4.69. The zero-order valence-electron chi connectivity index (χ0n) is 18.3. The molecule has 0 radical (unpaired) electrons. The topological polar surface area (TPSA) is 75.7 Å². The summed E-state index contributed by atoms with van der Waals surface area (Å²) in [6, 6.07) is 9.00. The van der Waals surface area contributed by atoms with Gasteiger partial charge in [-0.2, -0.15) is 21.6 Å². The summed E-state index contributed by atoms with van der Waals surface area (Å²) in [6.45, 7) is 7.49. The van der Waals surface area contributed by atoms with Crippen molar-refractivity contribution in [2.24, 2.45) is 0 Å². The molecular formula is C22H27F3N2O4S. The number of urea groups is 1. The summed E-state index contributed by atoms with van der Waals surface area (Å²) in [7, 11) is -4.54. The quantitative estimate of drug-likeness (QED) is 0.537. The van der Waals surface area contributed by atoms with Crippen LogP contribution in [-0.4, -0.2) is 31.4 Å². The first-order chi connectivity index (χ1) is 14.8. The predicted octanol–water partition coefficient (Wildman–Crippen LogP) is 5.19. The Balaban J connectivity index is 2.36. The van der Waals surface area contributed by atoms with Crippen LogP contribution < -0.4 is 9.50 Å². The third kappa shape index (κ3) is 6.62. The van der Waals surface area contributed by atoms with E-state index in [1.54, 1.807) is 23.1 Å². The molecule has 0 aliphatic rings. The largest absolute Gasteiger partial charge is 0.416 e. The Kier molecular flexibility index (Phi) is 8.17. The summed E-state index contributed by atoms with van der Waals surface area (Å²) in [5.74, 6) is -0.0597. The lowest BCUT2D eigenvalue weighted by molar-refractivity contribution is -0.137. The molecule has 0 aliphatic carbocycles. The van der Waals surface area contributed by atoms with E-state index in [9.17, 15) is 26.4 Å². The second-order valence-corrected chi connectivity index (χ2v) is 9.21. The molecule has 176 valence electrons. The van der Waals surface area contributed by atoms with Crippen LogP contribution >= 0.6 is 0 Å². The van der Waals surface area contributed by atoms with Gasteiger partial charge in [0.15, 0.2) is 0 Å². The van der Waals surface area contributed by atoms with Gasteiger partial charge in [-0.3, -0.25) is 0 Å². The number of nitrogens with one attached hydrogen (secondary N) is 1. The number of nitrogens with zero attached hydrogens (tertiary/aromatic N) is 1. The lowest BCUT2D eigenvalue weighted by Crippen LogP contribution is -2.46. The monoisotopic (exact) mass is 472 g/mol. The molecule has 0 aromatic heterocycles. The smallest absolute Gasteiger partial charge is 0.379 e. The van der Waals surface area contributed by atoms with Crippen LogP contribution in [0.3, 0.4) is 0 Å². The normalized spacial score (nSPS) is 13.0. The molecule has 0 saturated heterocycles. The van der Waals surface area contributed by atoms with Gasteiger partial charge in [0.05, 0.1) is 12.1 Å². The van der Waals surface area contributed by atoms with Gasteiger partial charge in [-0.05, 0) is 51.5 Å². The van der Waals surface area contributed by atoms with Gasteiger partial charge in [-0.25, -0.2) is 4.79 Å². The first-order valence-electron chi connectivity index (χ1n) is 10.1. The fourth-order valence-electron chi connectivity index (χ4n) is 2.87. The Bertz CT molecular complexity index is 1040. The number of amides is 2. The molecule has 1 atom stereocenters. The summed E-state index contributed by atoms with van der Waals surface area (Å²) in [5, 5.41) is 2.81. The number of benzene rings is 2. The fourth-order valence-corrected chi connectivity index (χ4v) is 3.88. The number of carbonyl (C=O) groups excluding carboxylic acids is 1. The van der Waals surface area contributed by atoms with E-state index in [1.807, 2.05) is 27.7 Å². The van der Waals surface area contributed by atoms with Crippen LogP contribution in [0.15, 0.2) is 53.4 Å².